The predicted molar refractivity (Wildman–Crippen MR) is 76.9 cm³/mol. The number of hydrogen-bond donors (Lipinski definition) is 2. The van der Waals surface area contributed by atoms with Crippen LogP contribution in [0.4, 0.5) is 0 Å². The van der Waals surface area contributed by atoms with E-state index in [0.717, 1.165) is 0 Å². The van der Waals surface area contributed by atoms with Crippen molar-refractivity contribution in [2.45, 2.75) is 12.5 Å². The molecule has 0 spiro atoms. The lowest BCUT2D eigenvalue weighted by Crippen LogP contribution is -2.57. The van der Waals surface area contributed by atoms with Crippen LogP contribution in [0.5, 0.6) is 11.5 Å². The van der Waals surface area contributed by atoms with Crippen molar-refractivity contribution in [3.63, 3.8) is 0 Å². The van der Waals surface area contributed by atoms with Crippen LogP contribution in [0.25, 0.3) is 0 Å². The molecule has 2 rings (SSSR count). The second-order valence-electron chi connectivity index (χ2n) is 4.68. The average Bonchev–Trinajstić information content (AvgIpc) is 2.51. The van der Waals surface area contributed by atoms with Crippen LogP contribution in [0.15, 0.2) is 12.1 Å². The molecule has 1 saturated heterocycles. The molecule has 1 aromatic rings. The van der Waals surface area contributed by atoms with E-state index < -0.39 is 11.9 Å². The van der Waals surface area contributed by atoms with Gasteiger partial charge in [-0.25, -0.2) is 5.48 Å². The van der Waals surface area contributed by atoms with Crippen molar-refractivity contribution in [1.29, 1.82) is 0 Å². The minimum atomic E-state index is -0.681. The van der Waals surface area contributed by atoms with Gasteiger partial charge in [-0.2, -0.15) is 0 Å². The number of hydrogen-bond acceptors (Lipinski definition) is 5. The number of nitrogens with one attached hydrogen (secondary N) is 1. The number of rotatable bonds is 4. The summed E-state index contributed by atoms with van der Waals surface area (Å²) in [5, 5.41) is 8.67. The van der Waals surface area contributed by atoms with Gasteiger partial charge >= 0.3 is 0 Å². The van der Waals surface area contributed by atoms with Gasteiger partial charge in [0.25, 0.3) is 11.8 Å². The average molecular weight is 304 g/mol. The SMILES string of the molecule is C#Cc1cc(C(=O)N2CC[C@@H]2C(=O)NO)cc(OC)c1OC. The zero-order chi connectivity index (χ0) is 16.3. The van der Waals surface area contributed by atoms with Crippen molar-refractivity contribution in [2.24, 2.45) is 0 Å². The largest absolute Gasteiger partial charge is 0.493 e. The van der Waals surface area contributed by atoms with E-state index >= 15 is 0 Å². The molecule has 0 aromatic heterocycles. The van der Waals surface area contributed by atoms with Crippen LogP contribution < -0.4 is 15.0 Å². The molecular weight excluding hydrogens is 288 g/mol. The van der Waals surface area contributed by atoms with Gasteiger partial charge in [-0.05, 0) is 18.6 Å². The van der Waals surface area contributed by atoms with E-state index in [1.54, 1.807) is 5.48 Å². The summed E-state index contributed by atoms with van der Waals surface area (Å²) in [4.78, 5) is 25.3. The zero-order valence-corrected chi connectivity index (χ0v) is 12.3. The normalized spacial score (nSPS) is 16.3. The molecule has 1 fully saturated rings. The Morgan fingerprint density at radius 3 is 2.59 bits per heavy atom. The number of likely N-dealkylation sites (tertiary alicyclic amines) is 1. The van der Waals surface area contributed by atoms with Crippen LogP contribution in [0, 0.1) is 12.3 Å². The minimum Gasteiger partial charge on any atom is -0.493 e. The smallest absolute Gasteiger partial charge is 0.266 e. The molecule has 7 nitrogen and oxygen atoms in total. The highest BCUT2D eigenvalue weighted by Gasteiger charge is 2.38. The molecule has 7 heteroatoms. The van der Waals surface area contributed by atoms with Gasteiger partial charge in [-0.1, -0.05) is 5.92 Å². The van der Waals surface area contributed by atoms with E-state index in [0.29, 0.717) is 35.6 Å². The van der Waals surface area contributed by atoms with E-state index in [-0.39, 0.29) is 5.91 Å². The lowest BCUT2D eigenvalue weighted by Gasteiger charge is -2.39. The van der Waals surface area contributed by atoms with Crippen LogP contribution in [0.1, 0.15) is 22.3 Å². The van der Waals surface area contributed by atoms with Crippen molar-refractivity contribution in [3.05, 3.63) is 23.3 Å². The van der Waals surface area contributed by atoms with Crippen molar-refractivity contribution >= 4 is 11.8 Å². The minimum absolute atomic E-state index is 0.293. The molecule has 0 saturated carbocycles. The summed E-state index contributed by atoms with van der Waals surface area (Å²) < 4.78 is 10.4. The molecule has 1 heterocycles. The Morgan fingerprint density at radius 2 is 2.14 bits per heavy atom. The molecule has 2 amide bonds. The molecule has 1 aromatic carbocycles. The molecule has 0 aliphatic carbocycles. The maximum atomic E-state index is 12.5. The third-order valence-corrected chi connectivity index (χ3v) is 3.57. The fourth-order valence-corrected chi connectivity index (χ4v) is 2.34. The summed E-state index contributed by atoms with van der Waals surface area (Å²) in [6.07, 6.45) is 5.92. The number of hydroxylamine groups is 1. The van der Waals surface area contributed by atoms with E-state index in [4.69, 9.17) is 21.1 Å². The van der Waals surface area contributed by atoms with Crippen molar-refractivity contribution in [2.75, 3.05) is 20.8 Å². The van der Waals surface area contributed by atoms with Gasteiger partial charge in [-0.3, -0.25) is 14.8 Å². The number of methoxy groups -OCH3 is 2. The summed E-state index contributed by atoms with van der Waals surface area (Å²) in [6, 6.07) is 2.34. The van der Waals surface area contributed by atoms with Crippen LogP contribution in [-0.2, 0) is 4.79 Å². The van der Waals surface area contributed by atoms with Crippen molar-refractivity contribution < 1.29 is 24.3 Å². The van der Waals surface area contributed by atoms with E-state index in [1.807, 2.05) is 0 Å². The van der Waals surface area contributed by atoms with Gasteiger partial charge < -0.3 is 14.4 Å². The molecule has 1 aliphatic rings. The number of ether oxygens (including phenoxy) is 2. The van der Waals surface area contributed by atoms with Crippen LogP contribution >= 0.6 is 0 Å². The van der Waals surface area contributed by atoms with Crippen LogP contribution in [-0.4, -0.2) is 48.7 Å². The highest BCUT2D eigenvalue weighted by atomic mass is 16.5. The summed E-state index contributed by atoms with van der Waals surface area (Å²) in [6.45, 7) is 0.427. The first-order chi connectivity index (χ1) is 10.6. The van der Waals surface area contributed by atoms with Crippen LogP contribution in [0.3, 0.4) is 0 Å². The monoisotopic (exact) mass is 304 g/mol. The second kappa shape index (κ2) is 6.37. The van der Waals surface area contributed by atoms with Gasteiger partial charge in [0.15, 0.2) is 11.5 Å². The lowest BCUT2D eigenvalue weighted by molar-refractivity contribution is -0.137. The Balaban J connectivity index is 2.35. The Hall–Kier alpha value is -2.72. The number of carbonyl (C=O) groups excluding carboxylic acids is 2. The molecule has 0 radical (unpaired) electrons. The lowest BCUT2D eigenvalue weighted by atomic mass is 9.99. The Labute approximate surface area is 127 Å². The van der Waals surface area contributed by atoms with Crippen LogP contribution in [0.2, 0.25) is 0 Å². The number of nitrogens with zero attached hydrogens (tertiary/aromatic N) is 1. The molecule has 0 bridgehead atoms. The first kappa shape index (κ1) is 15.7. The van der Waals surface area contributed by atoms with Gasteiger partial charge in [-0.15, -0.1) is 6.42 Å². The quantitative estimate of drug-likeness (QED) is 0.478. The first-order valence-electron chi connectivity index (χ1n) is 6.54. The molecule has 0 unspecified atom stereocenters. The van der Waals surface area contributed by atoms with Gasteiger partial charge in [0.2, 0.25) is 0 Å². The summed E-state index contributed by atoms with van der Waals surface area (Å²) in [5.74, 6) is 2.17. The number of benzene rings is 1. The fraction of sp³-hybridized carbons (Fsp3) is 0.333. The summed E-state index contributed by atoms with van der Waals surface area (Å²) in [7, 11) is 2.90. The molecule has 22 heavy (non-hydrogen) atoms. The van der Waals surface area contributed by atoms with Gasteiger partial charge in [0, 0.05) is 12.1 Å². The van der Waals surface area contributed by atoms with E-state index in [2.05, 4.69) is 5.92 Å². The van der Waals surface area contributed by atoms with E-state index in [9.17, 15) is 9.59 Å². The zero-order valence-electron chi connectivity index (χ0n) is 12.3. The molecule has 1 aliphatic heterocycles. The number of amides is 2. The highest BCUT2D eigenvalue weighted by Crippen LogP contribution is 2.33. The third kappa shape index (κ3) is 2.56. The molecule has 116 valence electrons. The maximum absolute atomic E-state index is 12.5. The van der Waals surface area contributed by atoms with Gasteiger partial charge in [0.1, 0.15) is 6.04 Å². The Morgan fingerprint density at radius 1 is 1.41 bits per heavy atom. The first-order valence-corrected chi connectivity index (χ1v) is 6.54. The van der Waals surface area contributed by atoms with Crippen molar-refractivity contribution in [3.8, 4) is 23.8 Å². The van der Waals surface area contributed by atoms with Crippen molar-refractivity contribution in [1.82, 2.24) is 10.4 Å². The predicted octanol–water partition coefficient (Wildman–Crippen LogP) is 0.405. The number of carbonyl (C=O) groups is 2. The standard InChI is InChI=1S/C15H16N2O5/c1-4-9-7-10(8-12(21-2)13(9)22-3)15(19)17-6-5-11(17)14(18)16-20/h1,7-8,11,20H,5-6H2,2-3H3,(H,16,18)/t11-/m1/s1. The van der Waals surface area contributed by atoms with E-state index in [1.165, 1.54) is 31.3 Å². The fourth-order valence-electron chi connectivity index (χ4n) is 2.34. The highest BCUT2D eigenvalue weighted by molar-refractivity contribution is 5.99. The topological polar surface area (TPSA) is 88.1 Å². The van der Waals surface area contributed by atoms with Gasteiger partial charge in [0.05, 0.1) is 19.8 Å². The molecular formula is C15H16N2O5. The Kier molecular flexibility index (Phi) is 4.53. The third-order valence-electron chi connectivity index (χ3n) is 3.57. The summed E-state index contributed by atoms with van der Waals surface area (Å²) >= 11 is 0. The molecule has 1 atom stereocenters. The second-order valence-corrected chi connectivity index (χ2v) is 4.68. The Bertz CT molecular complexity index is 650. The summed E-state index contributed by atoms with van der Waals surface area (Å²) in [5.41, 5.74) is 2.23. The molecule has 2 N–H and O–H groups in total. The maximum Gasteiger partial charge on any atom is 0.266 e. The number of terminal acetylenes is 1.